The second-order valence-corrected chi connectivity index (χ2v) is 8.82. The summed E-state index contributed by atoms with van der Waals surface area (Å²) in [6.07, 6.45) is 1.12. The average molecular weight is 417 g/mol. The fourth-order valence-electron chi connectivity index (χ4n) is 3.21. The lowest BCUT2D eigenvalue weighted by Gasteiger charge is -2.30. The fourth-order valence-corrected chi connectivity index (χ4v) is 4.73. The molecular weight excluding hydrogens is 394 g/mol. The number of sulfonamides is 1. The van der Waals surface area contributed by atoms with Crippen LogP contribution in [0.15, 0.2) is 53.4 Å². The number of ketones is 1. The number of rotatable bonds is 6. The molecule has 0 bridgehead atoms. The van der Waals surface area contributed by atoms with Crippen molar-refractivity contribution >= 4 is 21.8 Å². The molecule has 1 aliphatic rings. The van der Waals surface area contributed by atoms with Gasteiger partial charge in [-0.05, 0) is 68.3 Å². The zero-order valence-corrected chi connectivity index (χ0v) is 17.1. The van der Waals surface area contributed by atoms with Gasteiger partial charge in [-0.15, -0.1) is 0 Å². The van der Waals surface area contributed by atoms with E-state index >= 15 is 0 Å². The van der Waals surface area contributed by atoms with Crippen molar-refractivity contribution in [1.29, 1.82) is 0 Å². The molecular formula is C21H23NO6S. The molecule has 0 radical (unpaired) electrons. The molecule has 1 aliphatic heterocycles. The standard InChI is InChI=1S/C21H23NO6S/c1-15(23)16-5-7-19(8-6-16)28-21(24)17-4-3-13-22(14-17)29(25,26)20-11-9-18(27-2)10-12-20/h5-12,17H,3-4,13-14H2,1-2H3/t17-/m1/s1. The first kappa shape index (κ1) is 21.0. The van der Waals surface area contributed by atoms with E-state index in [1.165, 1.54) is 30.5 Å². The van der Waals surface area contributed by atoms with Crippen molar-refractivity contribution in [3.8, 4) is 11.5 Å². The maximum Gasteiger partial charge on any atom is 0.315 e. The quantitative estimate of drug-likeness (QED) is 0.408. The predicted molar refractivity (Wildman–Crippen MR) is 107 cm³/mol. The number of hydrogen-bond donors (Lipinski definition) is 0. The smallest absolute Gasteiger partial charge is 0.315 e. The lowest BCUT2D eigenvalue weighted by atomic mass is 10.00. The summed E-state index contributed by atoms with van der Waals surface area (Å²) in [6.45, 7) is 1.88. The van der Waals surface area contributed by atoms with Gasteiger partial charge in [-0.3, -0.25) is 9.59 Å². The molecule has 1 saturated heterocycles. The van der Waals surface area contributed by atoms with Crippen LogP contribution in [0.1, 0.15) is 30.1 Å². The van der Waals surface area contributed by atoms with Gasteiger partial charge in [0.2, 0.25) is 10.0 Å². The minimum Gasteiger partial charge on any atom is -0.497 e. The molecule has 0 spiro atoms. The molecule has 1 heterocycles. The molecule has 3 rings (SSSR count). The van der Waals surface area contributed by atoms with Crippen molar-refractivity contribution in [2.75, 3.05) is 20.2 Å². The van der Waals surface area contributed by atoms with Gasteiger partial charge in [0.05, 0.1) is 17.9 Å². The number of piperidine rings is 1. The highest BCUT2D eigenvalue weighted by atomic mass is 32.2. The number of methoxy groups -OCH3 is 1. The zero-order chi connectivity index (χ0) is 21.0. The predicted octanol–water partition coefficient (Wildman–Crippen LogP) is 2.90. The molecule has 7 nitrogen and oxygen atoms in total. The van der Waals surface area contributed by atoms with Gasteiger partial charge in [0.1, 0.15) is 11.5 Å². The fraction of sp³-hybridized carbons (Fsp3) is 0.333. The Labute approximate surface area is 170 Å². The van der Waals surface area contributed by atoms with Gasteiger partial charge in [-0.2, -0.15) is 4.31 Å². The number of nitrogens with zero attached hydrogens (tertiary/aromatic N) is 1. The normalized spacial score (nSPS) is 17.5. The van der Waals surface area contributed by atoms with Crippen LogP contribution in [0.3, 0.4) is 0 Å². The van der Waals surface area contributed by atoms with Crippen LogP contribution in [0.5, 0.6) is 11.5 Å². The summed E-state index contributed by atoms with van der Waals surface area (Å²) < 4.78 is 37.6. The summed E-state index contributed by atoms with van der Waals surface area (Å²) in [6, 6.07) is 12.5. The van der Waals surface area contributed by atoms with Crippen molar-refractivity contribution in [2.24, 2.45) is 5.92 Å². The van der Waals surface area contributed by atoms with Gasteiger partial charge >= 0.3 is 5.97 Å². The maximum atomic E-state index is 12.9. The van der Waals surface area contributed by atoms with E-state index in [2.05, 4.69) is 0 Å². The Morgan fingerprint density at radius 2 is 1.62 bits per heavy atom. The van der Waals surface area contributed by atoms with Gasteiger partial charge in [0, 0.05) is 18.7 Å². The Morgan fingerprint density at radius 3 is 2.21 bits per heavy atom. The average Bonchev–Trinajstić information content (AvgIpc) is 2.74. The van der Waals surface area contributed by atoms with E-state index in [0.717, 1.165) is 0 Å². The molecule has 2 aromatic rings. The zero-order valence-electron chi connectivity index (χ0n) is 16.3. The summed E-state index contributed by atoms with van der Waals surface area (Å²) in [5.74, 6) is -0.205. The van der Waals surface area contributed by atoms with Crippen LogP contribution in [0, 0.1) is 5.92 Å². The number of esters is 1. The maximum absolute atomic E-state index is 12.9. The molecule has 2 aromatic carbocycles. The van der Waals surface area contributed by atoms with Crippen LogP contribution in [0.4, 0.5) is 0 Å². The molecule has 1 fully saturated rings. The van der Waals surface area contributed by atoms with Gasteiger partial charge in [-0.25, -0.2) is 8.42 Å². The third-order valence-electron chi connectivity index (χ3n) is 4.89. The van der Waals surface area contributed by atoms with Gasteiger partial charge in [0.15, 0.2) is 5.78 Å². The van der Waals surface area contributed by atoms with Gasteiger partial charge < -0.3 is 9.47 Å². The Kier molecular flexibility index (Phi) is 6.34. The van der Waals surface area contributed by atoms with E-state index in [1.807, 2.05) is 0 Å². The van der Waals surface area contributed by atoms with Crippen LogP contribution < -0.4 is 9.47 Å². The summed E-state index contributed by atoms with van der Waals surface area (Å²) in [5, 5.41) is 0. The molecule has 0 aliphatic carbocycles. The van der Waals surface area contributed by atoms with Gasteiger partial charge in [0.25, 0.3) is 0 Å². The molecule has 0 saturated carbocycles. The largest absolute Gasteiger partial charge is 0.497 e. The SMILES string of the molecule is COc1ccc(S(=O)(=O)N2CCC[C@@H](C(=O)Oc3ccc(C(C)=O)cc3)C2)cc1. The first-order valence-electron chi connectivity index (χ1n) is 9.28. The first-order valence-corrected chi connectivity index (χ1v) is 10.7. The number of Topliss-reactive ketones (excluding diaryl/α,β-unsaturated/α-hetero) is 1. The molecule has 0 unspecified atom stereocenters. The van der Waals surface area contributed by atoms with E-state index in [0.29, 0.717) is 36.4 Å². The molecule has 0 aromatic heterocycles. The molecule has 154 valence electrons. The van der Waals surface area contributed by atoms with Crippen LogP contribution in [0.25, 0.3) is 0 Å². The molecule has 1 atom stereocenters. The second-order valence-electron chi connectivity index (χ2n) is 6.88. The third kappa shape index (κ3) is 4.83. The van der Waals surface area contributed by atoms with E-state index in [-0.39, 0.29) is 17.2 Å². The van der Waals surface area contributed by atoms with Crippen LogP contribution in [-0.2, 0) is 14.8 Å². The van der Waals surface area contributed by atoms with E-state index < -0.39 is 21.9 Å². The van der Waals surface area contributed by atoms with Crippen LogP contribution >= 0.6 is 0 Å². The number of ether oxygens (including phenoxy) is 2. The van der Waals surface area contributed by atoms with Crippen molar-refractivity contribution in [3.05, 3.63) is 54.1 Å². The van der Waals surface area contributed by atoms with Crippen LogP contribution in [0.2, 0.25) is 0 Å². The van der Waals surface area contributed by atoms with Gasteiger partial charge in [-0.1, -0.05) is 0 Å². The molecule has 0 N–H and O–H groups in total. The van der Waals surface area contributed by atoms with Crippen molar-refractivity contribution in [1.82, 2.24) is 4.31 Å². The highest BCUT2D eigenvalue weighted by Gasteiger charge is 2.34. The Hall–Kier alpha value is -2.71. The summed E-state index contributed by atoms with van der Waals surface area (Å²) in [5.41, 5.74) is 0.527. The number of hydrogen-bond acceptors (Lipinski definition) is 6. The van der Waals surface area contributed by atoms with E-state index in [4.69, 9.17) is 9.47 Å². The summed E-state index contributed by atoms with van der Waals surface area (Å²) in [7, 11) is -2.20. The van der Waals surface area contributed by atoms with Crippen molar-refractivity contribution < 1.29 is 27.5 Å². The lowest BCUT2D eigenvalue weighted by Crippen LogP contribution is -2.43. The van der Waals surface area contributed by atoms with E-state index in [9.17, 15) is 18.0 Å². The molecule has 0 amide bonds. The highest BCUT2D eigenvalue weighted by molar-refractivity contribution is 7.89. The third-order valence-corrected chi connectivity index (χ3v) is 6.77. The Bertz CT molecular complexity index is 983. The molecule has 29 heavy (non-hydrogen) atoms. The first-order chi connectivity index (χ1) is 13.8. The number of carbonyl (C=O) groups excluding carboxylic acids is 2. The summed E-state index contributed by atoms with van der Waals surface area (Å²) >= 11 is 0. The minimum absolute atomic E-state index is 0.0682. The number of carbonyl (C=O) groups is 2. The molecule has 8 heteroatoms. The monoisotopic (exact) mass is 417 g/mol. The Balaban J connectivity index is 1.68. The Morgan fingerprint density at radius 1 is 1.00 bits per heavy atom. The van der Waals surface area contributed by atoms with Crippen molar-refractivity contribution in [2.45, 2.75) is 24.7 Å². The minimum atomic E-state index is -3.71. The topological polar surface area (TPSA) is 90.0 Å². The number of benzene rings is 2. The second kappa shape index (κ2) is 8.75. The summed E-state index contributed by atoms with van der Waals surface area (Å²) in [4.78, 5) is 24.0. The lowest BCUT2D eigenvalue weighted by molar-refractivity contribution is -0.140. The van der Waals surface area contributed by atoms with Crippen LogP contribution in [-0.4, -0.2) is 44.7 Å². The highest BCUT2D eigenvalue weighted by Crippen LogP contribution is 2.26. The van der Waals surface area contributed by atoms with E-state index in [1.54, 1.807) is 36.4 Å². The van der Waals surface area contributed by atoms with Crippen molar-refractivity contribution in [3.63, 3.8) is 0 Å².